The molecule has 2 unspecified atom stereocenters. The summed E-state index contributed by atoms with van der Waals surface area (Å²) in [6, 6.07) is 0. The van der Waals surface area contributed by atoms with E-state index in [4.69, 9.17) is 0 Å². The van der Waals surface area contributed by atoms with Gasteiger partial charge in [-0.15, -0.1) is 0 Å². The third-order valence-electron chi connectivity index (χ3n) is 4.21. The van der Waals surface area contributed by atoms with Crippen LogP contribution < -0.4 is 10.6 Å². The lowest BCUT2D eigenvalue weighted by atomic mass is 10.2. The highest BCUT2D eigenvalue weighted by Gasteiger charge is 2.09. The van der Waals surface area contributed by atoms with Crippen molar-refractivity contribution < 1.29 is 19.8 Å². The van der Waals surface area contributed by atoms with E-state index < -0.39 is 12.2 Å². The largest absolute Gasteiger partial charge is 0.392 e. The number of carbonyl (C=O) groups is 2. The summed E-state index contributed by atoms with van der Waals surface area (Å²) in [6.07, 6.45) is 7.04. The summed E-state index contributed by atoms with van der Waals surface area (Å²) in [5.74, 6) is 1.36. The van der Waals surface area contributed by atoms with Gasteiger partial charge in [0.2, 0.25) is 11.8 Å². The van der Waals surface area contributed by atoms with Crippen LogP contribution in [-0.4, -0.2) is 58.8 Å². The number of aliphatic hydroxyl groups excluding tert-OH is 2. The average Bonchev–Trinajstić information content (AvgIpc) is 2.65. The van der Waals surface area contributed by atoms with E-state index in [1.165, 1.54) is 0 Å². The number of hydrogen-bond acceptors (Lipinski definition) is 5. The standard InChI is InChI=1S/C20H40N2O4S/c1-3-5-11-19(25)21-13-7-9-17(23)15-27-16-18(24)10-8-14-22-20(26)12-6-4-2/h17-18,23-24H,3-16H2,1-2H3,(H,21,25)(H,22,26). The topological polar surface area (TPSA) is 98.7 Å². The smallest absolute Gasteiger partial charge is 0.219 e. The Balaban J connectivity index is 3.50. The van der Waals surface area contributed by atoms with Crippen LogP contribution in [0.25, 0.3) is 0 Å². The molecule has 0 aliphatic heterocycles. The predicted octanol–water partition coefficient (Wildman–Crippen LogP) is 2.61. The molecule has 0 aromatic rings. The summed E-state index contributed by atoms with van der Waals surface area (Å²) in [6.45, 7) is 5.34. The molecule has 0 bridgehead atoms. The van der Waals surface area contributed by atoms with Crippen molar-refractivity contribution in [3.05, 3.63) is 0 Å². The van der Waals surface area contributed by atoms with Gasteiger partial charge < -0.3 is 20.8 Å². The molecule has 0 aromatic heterocycles. The lowest BCUT2D eigenvalue weighted by Gasteiger charge is -2.13. The zero-order valence-corrected chi connectivity index (χ0v) is 18.0. The second-order valence-corrected chi connectivity index (χ2v) is 8.11. The second-order valence-electron chi connectivity index (χ2n) is 7.04. The summed E-state index contributed by atoms with van der Waals surface area (Å²) >= 11 is 1.55. The van der Waals surface area contributed by atoms with Crippen molar-refractivity contribution in [3.8, 4) is 0 Å². The first kappa shape index (κ1) is 26.2. The molecule has 0 rings (SSSR count). The molecule has 0 aromatic carbocycles. The van der Waals surface area contributed by atoms with Crippen LogP contribution in [0.1, 0.15) is 78.1 Å². The molecule has 0 spiro atoms. The second kappa shape index (κ2) is 18.6. The van der Waals surface area contributed by atoms with Crippen LogP contribution in [0, 0.1) is 0 Å². The third-order valence-corrected chi connectivity index (χ3v) is 5.45. The first-order chi connectivity index (χ1) is 13.0. The maximum atomic E-state index is 11.5. The Kier molecular flexibility index (Phi) is 18.0. The fourth-order valence-electron chi connectivity index (χ4n) is 2.49. The Bertz CT molecular complexity index is 349. The maximum absolute atomic E-state index is 11.5. The van der Waals surface area contributed by atoms with Gasteiger partial charge in [0.15, 0.2) is 0 Å². The van der Waals surface area contributed by atoms with Crippen LogP contribution in [0.2, 0.25) is 0 Å². The lowest BCUT2D eigenvalue weighted by Crippen LogP contribution is -2.25. The van der Waals surface area contributed by atoms with E-state index in [2.05, 4.69) is 24.5 Å². The number of nitrogens with one attached hydrogen (secondary N) is 2. The molecule has 2 atom stereocenters. The van der Waals surface area contributed by atoms with E-state index in [9.17, 15) is 19.8 Å². The minimum absolute atomic E-state index is 0.0883. The van der Waals surface area contributed by atoms with Gasteiger partial charge in [0, 0.05) is 37.4 Å². The summed E-state index contributed by atoms with van der Waals surface area (Å²) < 4.78 is 0. The minimum Gasteiger partial charge on any atom is -0.392 e. The quantitative estimate of drug-likeness (QED) is 0.263. The fraction of sp³-hybridized carbons (Fsp3) is 0.900. The Morgan fingerprint density at radius 1 is 0.778 bits per heavy atom. The Labute approximate surface area is 169 Å². The Hall–Kier alpha value is -0.790. The zero-order chi connectivity index (χ0) is 20.3. The predicted molar refractivity (Wildman–Crippen MR) is 113 cm³/mol. The van der Waals surface area contributed by atoms with E-state index in [0.29, 0.717) is 50.3 Å². The van der Waals surface area contributed by atoms with Crippen molar-refractivity contribution in [2.45, 2.75) is 90.3 Å². The summed E-state index contributed by atoms with van der Waals surface area (Å²) in [5.41, 5.74) is 0. The molecule has 0 aliphatic carbocycles. The van der Waals surface area contributed by atoms with Gasteiger partial charge in [-0.25, -0.2) is 0 Å². The SMILES string of the molecule is CCCCC(=O)NCCCC(O)CSCC(O)CCCNC(=O)CCCC. The molecule has 0 heterocycles. The molecule has 160 valence electrons. The van der Waals surface area contributed by atoms with Crippen LogP contribution in [0.15, 0.2) is 0 Å². The molecule has 2 amide bonds. The fourth-order valence-corrected chi connectivity index (χ4v) is 3.50. The summed E-state index contributed by atoms with van der Waals surface area (Å²) in [7, 11) is 0. The number of carbonyl (C=O) groups excluding carboxylic acids is 2. The van der Waals surface area contributed by atoms with E-state index in [1.54, 1.807) is 11.8 Å². The van der Waals surface area contributed by atoms with Gasteiger partial charge in [0.05, 0.1) is 12.2 Å². The summed E-state index contributed by atoms with van der Waals surface area (Å²) in [5, 5.41) is 25.6. The zero-order valence-electron chi connectivity index (χ0n) is 17.2. The number of amides is 2. The van der Waals surface area contributed by atoms with E-state index in [-0.39, 0.29) is 11.8 Å². The highest BCUT2D eigenvalue weighted by Crippen LogP contribution is 2.11. The highest BCUT2D eigenvalue weighted by molar-refractivity contribution is 7.99. The first-order valence-corrected chi connectivity index (χ1v) is 11.6. The molecule has 27 heavy (non-hydrogen) atoms. The van der Waals surface area contributed by atoms with Crippen molar-refractivity contribution in [2.24, 2.45) is 0 Å². The van der Waals surface area contributed by atoms with Crippen LogP contribution >= 0.6 is 11.8 Å². The normalized spacial score (nSPS) is 13.2. The molecule has 0 aliphatic rings. The third kappa shape index (κ3) is 18.3. The van der Waals surface area contributed by atoms with Crippen molar-refractivity contribution in [1.29, 1.82) is 0 Å². The van der Waals surface area contributed by atoms with Gasteiger partial charge in [-0.3, -0.25) is 9.59 Å². The van der Waals surface area contributed by atoms with Crippen molar-refractivity contribution >= 4 is 23.6 Å². The van der Waals surface area contributed by atoms with Crippen molar-refractivity contribution in [3.63, 3.8) is 0 Å². The maximum Gasteiger partial charge on any atom is 0.219 e. The van der Waals surface area contributed by atoms with Gasteiger partial charge >= 0.3 is 0 Å². The van der Waals surface area contributed by atoms with Crippen molar-refractivity contribution in [1.82, 2.24) is 10.6 Å². The van der Waals surface area contributed by atoms with Crippen LogP contribution in [0.3, 0.4) is 0 Å². The van der Waals surface area contributed by atoms with Gasteiger partial charge in [-0.05, 0) is 38.5 Å². The highest BCUT2D eigenvalue weighted by atomic mass is 32.2. The lowest BCUT2D eigenvalue weighted by molar-refractivity contribution is -0.122. The number of rotatable bonds is 18. The Morgan fingerprint density at radius 2 is 1.19 bits per heavy atom. The number of aliphatic hydroxyl groups is 2. The monoisotopic (exact) mass is 404 g/mol. The van der Waals surface area contributed by atoms with E-state index in [1.807, 2.05) is 0 Å². The molecular formula is C20H40N2O4S. The van der Waals surface area contributed by atoms with Crippen molar-refractivity contribution in [2.75, 3.05) is 24.6 Å². The summed E-state index contributed by atoms with van der Waals surface area (Å²) in [4.78, 5) is 22.9. The van der Waals surface area contributed by atoms with Crippen LogP contribution in [-0.2, 0) is 9.59 Å². The van der Waals surface area contributed by atoms with Crippen LogP contribution in [0.5, 0.6) is 0 Å². The number of hydrogen-bond donors (Lipinski definition) is 4. The Morgan fingerprint density at radius 3 is 1.56 bits per heavy atom. The molecule has 0 saturated carbocycles. The van der Waals surface area contributed by atoms with Gasteiger partial charge in [-0.2, -0.15) is 11.8 Å². The van der Waals surface area contributed by atoms with E-state index in [0.717, 1.165) is 38.5 Å². The first-order valence-electron chi connectivity index (χ1n) is 10.5. The molecule has 0 radical (unpaired) electrons. The molecule has 4 N–H and O–H groups in total. The van der Waals surface area contributed by atoms with Gasteiger partial charge in [-0.1, -0.05) is 26.7 Å². The molecular weight excluding hydrogens is 364 g/mol. The van der Waals surface area contributed by atoms with Gasteiger partial charge in [0.1, 0.15) is 0 Å². The molecule has 0 saturated heterocycles. The molecule has 0 fully saturated rings. The van der Waals surface area contributed by atoms with Crippen LogP contribution in [0.4, 0.5) is 0 Å². The number of thioether (sulfide) groups is 1. The van der Waals surface area contributed by atoms with Gasteiger partial charge in [0.25, 0.3) is 0 Å². The molecule has 6 nitrogen and oxygen atoms in total. The minimum atomic E-state index is -0.410. The molecule has 7 heteroatoms. The average molecular weight is 405 g/mol. The number of unbranched alkanes of at least 4 members (excludes halogenated alkanes) is 2. The van der Waals surface area contributed by atoms with E-state index >= 15 is 0 Å².